The van der Waals surface area contributed by atoms with Gasteiger partial charge in [0.05, 0.1) is 0 Å². The van der Waals surface area contributed by atoms with Crippen LogP contribution in [-0.2, 0) is 11.2 Å². The molecule has 1 N–H and O–H groups in total. The highest BCUT2D eigenvalue weighted by atomic mass is 16.2. The van der Waals surface area contributed by atoms with E-state index in [1.165, 1.54) is 28.6 Å². The van der Waals surface area contributed by atoms with Crippen LogP contribution in [0, 0.1) is 0 Å². The molecule has 31 heavy (non-hydrogen) atoms. The van der Waals surface area contributed by atoms with Gasteiger partial charge in [0.2, 0.25) is 5.91 Å². The van der Waals surface area contributed by atoms with Gasteiger partial charge in [0.25, 0.3) is 0 Å². The molecule has 0 unspecified atom stereocenters. The Hall–Kier alpha value is -2.79. The number of piperidine rings is 1. The number of nitrogens with one attached hydrogen (secondary N) is 1. The fourth-order valence-electron chi connectivity index (χ4n) is 4.98. The van der Waals surface area contributed by atoms with E-state index < -0.39 is 0 Å². The molecule has 5 nitrogen and oxygen atoms in total. The van der Waals surface area contributed by atoms with Crippen molar-refractivity contribution in [3.63, 3.8) is 0 Å². The molecule has 2 aliphatic heterocycles. The molecular formula is C26H32N4O. The maximum atomic E-state index is 12.2. The summed E-state index contributed by atoms with van der Waals surface area (Å²) < 4.78 is 0. The highest BCUT2D eigenvalue weighted by Crippen LogP contribution is 2.25. The number of rotatable bonds is 6. The summed E-state index contributed by atoms with van der Waals surface area (Å²) in [6.07, 6.45) is 7.31. The molecule has 5 heteroatoms. The number of piperazine rings is 1. The molecule has 2 aromatic carbocycles. The van der Waals surface area contributed by atoms with Crippen LogP contribution in [0.1, 0.15) is 31.2 Å². The Morgan fingerprint density at radius 3 is 2.42 bits per heavy atom. The third kappa shape index (κ3) is 4.47. The maximum Gasteiger partial charge on any atom is 0.226 e. The van der Waals surface area contributed by atoms with Crippen molar-refractivity contribution in [1.29, 1.82) is 0 Å². The van der Waals surface area contributed by atoms with E-state index in [1.807, 2.05) is 4.90 Å². The molecule has 1 amide bonds. The standard InChI is InChI=1S/C26H32N4O/c31-26-9-3-4-15-30(26)23-12-10-22(11-13-23)29-18-16-28(17-19-29)14-5-6-21-20-27-25-8-2-1-7-24(21)25/h1-2,7-8,10-13,20,27H,3-6,9,14-19H2. The third-order valence-corrected chi connectivity index (χ3v) is 6.82. The Morgan fingerprint density at radius 2 is 1.61 bits per heavy atom. The van der Waals surface area contributed by atoms with Gasteiger partial charge in [0.15, 0.2) is 0 Å². The molecule has 2 aliphatic rings. The van der Waals surface area contributed by atoms with Crippen LogP contribution in [0.3, 0.4) is 0 Å². The summed E-state index contributed by atoms with van der Waals surface area (Å²) in [7, 11) is 0. The summed E-state index contributed by atoms with van der Waals surface area (Å²) in [6.45, 7) is 6.36. The molecule has 162 valence electrons. The Morgan fingerprint density at radius 1 is 0.839 bits per heavy atom. The fraction of sp³-hybridized carbons (Fsp3) is 0.423. The van der Waals surface area contributed by atoms with Gasteiger partial charge in [0.1, 0.15) is 0 Å². The van der Waals surface area contributed by atoms with Crippen molar-refractivity contribution in [2.75, 3.05) is 49.1 Å². The number of carbonyl (C=O) groups excluding carboxylic acids is 1. The van der Waals surface area contributed by atoms with Crippen molar-refractivity contribution < 1.29 is 4.79 Å². The molecule has 0 radical (unpaired) electrons. The SMILES string of the molecule is O=C1CCCCN1c1ccc(N2CCN(CCCc3c[nH]c4ccccc34)CC2)cc1. The number of para-hydroxylation sites is 1. The first-order valence-corrected chi connectivity index (χ1v) is 11.7. The lowest BCUT2D eigenvalue weighted by Gasteiger charge is -2.36. The second-order valence-electron chi connectivity index (χ2n) is 8.81. The van der Waals surface area contributed by atoms with Gasteiger partial charge in [-0.25, -0.2) is 0 Å². The van der Waals surface area contributed by atoms with Crippen LogP contribution < -0.4 is 9.80 Å². The number of aromatic nitrogens is 1. The van der Waals surface area contributed by atoms with E-state index in [4.69, 9.17) is 0 Å². The molecule has 0 atom stereocenters. The van der Waals surface area contributed by atoms with E-state index in [1.54, 1.807) is 0 Å². The number of hydrogen-bond acceptors (Lipinski definition) is 3. The number of H-pyrrole nitrogens is 1. The van der Waals surface area contributed by atoms with E-state index in [0.29, 0.717) is 6.42 Å². The van der Waals surface area contributed by atoms with Crippen LogP contribution in [0.5, 0.6) is 0 Å². The van der Waals surface area contributed by atoms with Gasteiger partial charge < -0.3 is 14.8 Å². The Balaban J connectivity index is 1.10. The molecule has 0 bridgehead atoms. The molecule has 2 saturated heterocycles. The average Bonchev–Trinajstić information content (AvgIpc) is 3.23. The lowest BCUT2D eigenvalue weighted by atomic mass is 10.1. The maximum absolute atomic E-state index is 12.2. The number of hydrogen-bond donors (Lipinski definition) is 1. The van der Waals surface area contributed by atoms with Gasteiger partial charge in [-0.1, -0.05) is 18.2 Å². The predicted octanol–water partition coefficient (Wildman–Crippen LogP) is 4.44. The number of aryl methyl sites for hydroxylation is 1. The predicted molar refractivity (Wildman–Crippen MR) is 128 cm³/mol. The Bertz CT molecular complexity index is 1020. The zero-order valence-electron chi connectivity index (χ0n) is 18.2. The van der Waals surface area contributed by atoms with Gasteiger partial charge in [-0.05, 0) is 68.1 Å². The van der Waals surface area contributed by atoms with Crippen LogP contribution >= 0.6 is 0 Å². The number of benzene rings is 2. The van der Waals surface area contributed by atoms with Crippen molar-refractivity contribution in [1.82, 2.24) is 9.88 Å². The number of anilines is 2. The molecule has 0 aliphatic carbocycles. The first-order valence-electron chi connectivity index (χ1n) is 11.7. The minimum atomic E-state index is 0.264. The quantitative estimate of drug-likeness (QED) is 0.646. The average molecular weight is 417 g/mol. The minimum Gasteiger partial charge on any atom is -0.369 e. The summed E-state index contributed by atoms with van der Waals surface area (Å²) in [4.78, 5) is 22.5. The molecule has 3 aromatic rings. The van der Waals surface area contributed by atoms with Crippen LogP contribution in [0.15, 0.2) is 54.7 Å². The normalized spacial score (nSPS) is 18.1. The summed E-state index contributed by atoms with van der Waals surface area (Å²) in [5, 5.41) is 1.36. The number of fused-ring (bicyclic) bond motifs is 1. The van der Waals surface area contributed by atoms with Crippen LogP contribution in [0.2, 0.25) is 0 Å². The van der Waals surface area contributed by atoms with Crippen molar-refractivity contribution in [3.05, 3.63) is 60.3 Å². The zero-order chi connectivity index (χ0) is 21.0. The van der Waals surface area contributed by atoms with Crippen LogP contribution in [0.4, 0.5) is 11.4 Å². The second kappa shape index (κ2) is 9.15. The van der Waals surface area contributed by atoms with E-state index >= 15 is 0 Å². The van der Waals surface area contributed by atoms with E-state index in [0.717, 1.165) is 64.2 Å². The summed E-state index contributed by atoms with van der Waals surface area (Å²) in [5.74, 6) is 0.264. The molecule has 3 heterocycles. The molecule has 0 saturated carbocycles. The summed E-state index contributed by atoms with van der Waals surface area (Å²) in [5.41, 5.74) is 4.99. The second-order valence-corrected chi connectivity index (χ2v) is 8.81. The highest BCUT2D eigenvalue weighted by molar-refractivity contribution is 5.94. The third-order valence-electron chi connectivity index (χ3n) is 6.82. The number of aromatic amines is 1. The first kappa shape index (κ1) is 20.1. The monoisotopic (exact) mass is 416 g/mol. The van der Waals surface area contributed by atoms with Crippen molar-refractivity contribution in [2.24, 2.45) is 0 Å². The number of nitrogens with zero attached hydrogens (tertiary/aromatic N) is 3. The summed E-state index contributed by atoms with van der Waals surface area (Å²) in [6, 6.07) is 17.2. The fourth-order valence-corrected chi connectivity index (χ4v) is 4.98. The van der Waals surface area contributed by atoms with E-state index in [2.05, 4.69) is 69.5 Å². The Labute approximate surface area is 184 Å². The van der Waals surface area contributed by atoms with Crippen LogP contribution in [0.25, 0.3) is 10.9 Å². The van der Waals surface area contributed by atoms with Crippen molar-refractivity contribution in [3.8, 4) is 0 Å². The van der Waals surface area contributed by atoms with Gasteiger partial charge in [-0.3, -0.25) is 9.69 Å². The first-order chi connectivity index (χ1) is 15.3. The highest BCUT2D eigenvalue weighted by Gasteiger charge is 2.21. The Kier molecular flexibility index (Phi) is 5.94. The van der Waals surface area contributed by atoms with Gasteiger partial charge in [-0.15, -0.1) is 0 Å². The lowest BCUT2D eigenvalue weighted by Crippen LogP contribution is -2.46. The smallest absolute Gasteiger partial charge is 0.226 e. The van der Waals surface area contributed by atoms with Gasteiger partial charge in [-0.2, -0.15) is 0 Å². The van der Waals surface area contributed by atoms with E-state index in [-0.39, 0.29) is 5.91 Å². The molecule has 1 aromatic heterocycles. The van der Waals surface area contributed by atoms with Gasteiger partial charge in [0, 0.05) is 67.6 Å². The number of carbonyl (C=O) groups is 1. The van der Waals surface area contributed by atoms with Crippen LogP contribution in [-0.4, -0.2) is 55.1 Å². The molecule has 2 fully saturated rings. The van der Waals surface area contributed by atoms with Crippen molar-refractivity contribution >= 4 is 28.2 Å². The molecule has 5 rings (SSSR count). The number of amides is 1. The van der Waals surface area contributed by atoms with Crippen molar-refractivity contribution in [2.45, 2.75) is 32.1 Å². The summed E-state index contributed by atoms with van der Waals surface area (Å²) >= 11 is 0. The van der Waals surface area contributed by atoms with E-state index in [9.17, 15) is 4.79 Å². The minimum absolute atomic E-state index is 0.264. The zero-order valence-corrected chi connectivity index (χ0v) is 18.2. The van der Waals surface area contributed by atoms with Gasteiger partial charge >= 0.3 is 0 Å². The molecular weight excluding hydrogens is 384 g/mol. The lowest BCUT2D eigenvalue weighted by molar-refractivity contribution is -0.119. The topological polar surface area (TPSA) is 42.6 Å². The molecule has 0 spiro atoms. The largest absolute Gasteiger partial charge is 0.369 e.